The van der Waals surface area contributed by atoms with Crippen molar-refractivity contribution in [2.24, 2.45) is 5.92 Å². The SMILES string of the molecule is CCC(CO)C(=O)N(C)c1cc(Br)ccc1F. The van der Waals surface area contributed by atoms with Crippen LogP contribution in [0.4, 0.5) is 10.1 Å². The lowest BCUT2D eigenvalue weighted by molar-refractivity contribution is -0.123. The molecule has 0 aliphatic heterocycles. The Morgan fingerprint density at radius 3 is 2.76 bits per heavy atom. The molecule has 0 bridgehead atoms. The van der Waals surface area contributed by atoms with Crippen LogP contribution in [0.25, 0.3) is 0 Å². The largest absolute Gasteiger partial charge is 0.396 e. The molecule has 0 saturated heterocycles. The molecule has 0 aliphatic rings. The number of nitrogens with zero attached hydrogens (tertiary/aromatic N) is 1. The van der Waals surface area contributed by atoms with Gasteiger partial charge in [-0.05, 0) is 24.6 Å². The van der Waals surface area contributed by atoms with Crippen LogP contribution in [0.3, 0.4) is 0 Å². The van der Waals surface area contributed by atoms with Gasteiger partial charge in [-0.15, -0.1) is 0 Å². The molecule has 1 amide bonds. The van der Waals surface area contributed by atoms with Crippen molar-refractivity contribution >= 4 is 27.5 Å². The number of aliphatic hydroxyl groups is 1. The van der Waals surface area contributed by atoms with Crippen molar-refractivity contribution in [3.8, 4) is 0 Å². The van der Waals surface area contributed by atoms with Crippen molar-refractivity contribution in [2.75, 3.05) is 18.6 Å². The third-order valence-electron chi connectivity index (χ3n) is 2.66. The maximum atomic E-state index is 13.6. The van der Waals surface area contributed by atoms with E-state index >= 15 is 0 Å². The molecule has 1 rings (SSSR count). The molecule has 1 atom stereocenters. The molecule has 94 valence electrons. The highest BCUT2D eigenvalue weighted by atomic mass is 79.9. The quantitative estimate of drug-likeness (QED) is 0.929. The Labute approximate surface area is 108 Å². The fraction of sp³-hybridized carbons (Fsp3) is 0.417. The molecule has 1 aromatic carbocycles. The van der Waals surface area contributed by atoms with Gasteiger partial charge in [0.05, 0.1) is 18.2 Å². The van der Waals surface area contributed by atoms with E-state index < -0.39 is 11.7 Å². The maximum absolute atomic E-state index is 13.6. The zero-order valence-electron chi connectivity index (χ0n) is 9.78. The predicted octanol–water partition coefficient (Wildman–Crippen LogP) is 2.57. The average molecular weight is 304 g/mol. The zero-order valence-corrected chi connectivity index (χ0v) is 11.4. The predicted molar refractivity (Wildman–Crippen MR) is 68.4 cm³/mol. The Kier molecular flexibility index (Phi) is 5.08. The number of anilines is 1. The average Bonchev–Trinajstić information content (AvgIpc) is 2.32. The molecule has 0 aliphatic carbocycles. The number of benzene rings is 1. The summed E-state index contributed by atoms with van der Waals surface area (Å²) >= 11 is 3.23. The second-order valence-corrected chi connectivity index (χ2v) is 4.70. The summed E-state index contributed by atoms with van der Waals surface area (Å²) in [6, 6.07) is 4.40. The Bertz CT molecular complexity index is 407. The summed E-state index contributed by atoms with van der Waals surface area (Å²) in [6.07, 6.45) is 0.523. The number of aliphatic hydroxyl groups excluding tert-OH is 1. The van der Waals surface area contributed by atoms with E-state index in [1.165, 1.54) is 24.1 Å². The van der Waals surface area contributed by atoms with Gasteiger partial charge in [-0.3, -0.25) is 4.79 Å². The Hall–Kier alpha value is -0.940. The fourth-order valence-electron chi connectivity index (χ4n) is 1.52. The van der Waals surface area contributed by atoms with Crippen LogP contribution in [0.5, 0.6) is 0 Å². The lowest BCUT2D eigenvalue weighted by Crippen LogP contribution is -2.34. The summed E-state index contributed by atoms with van der Waals surface area (Å²) in [5, 5.41) is 9.07. The van der Waals surface area contributed by atoms with Crippen LogP contribution in [0.15, 0.2) is 22.7 Å². The third kappa shape index (κ3) is 3.26. The van der Waals surface area contributed by atoms with Crippen molar-refractivity contribution in [3.63, 3.8) is 0 Å². The van der Waals surface area contributed by atoms with Crippen LogP contribution < -0.4 is 4.90 Å². The van der Waals surface area contributed by atoms with E-state index in [0.29, 0.717) is 10.9 Å². The first kappa shape index (κ1) is 14.1. The van der Waals surface area contributed by atoms with Crippen molar-refractivity contribution in [1.29, 1.82) is 0 Å². The molecule has 3 nitrogen and oxygen atoms in total. The topological polar surface area (TPSA) is 40.5 Å². The second-order valence-electron chi connectivity index (χ2n) is 3.78. The molecule has 0 saturated carbocycles. The fourth-order valence-corrected chi connectivity index (χ4v) is 1.87. The van der Waals surface area contributed by atoms with Crippen LogP contribution in [-0.4, -0.2) is 24.7 Å². The van der Waals surface area contributed by atoms with Crippen LogP contribution in [0.2, 0.25) is 0 Å². The molecular weight excluding hydrogens is 289 g/mol. The van der Waals surface area contributed by atoms with Crippen LogP contribution in [-0.2, 0) is 4.79 Å². The van der Waals surface area contributed by atoms with Gasteiger partial charge in [0.15, 0.2) is 0 Å². The van der Waals surface area contributed by atoms with Gasteiger partial charge in [0.25, 0.3) is 0 Å². The second kappa shape index (κ2) is 6.12. The molecule has 17 heavy (non-hydrogen) atoms. The number of amides is 1. The monoisotopic (exact) mass is 303 g/mol. The van der Waals surface area contributed by atoms with Gasteiger partial charge in [0, 0.05) is 11.5 Å². The van der Waals surface area contributed by atoms with Crippen molar-refractivity contribution in [3.05, 3.63) is 28.5 Å². The lowest BCUT2D eigenvalue weighted by Gasteiger charge is -2.22. The number of halogens is 2. The number of hydrogen-bond donors (Lipinski definition) is 1. The number of carbonyl (C=O) groups is 1. The van der Waals surface area contributed by atoms with Crippen LogP contribution in [0.1, 0.15) is 13.3 Å². The van der Waals surface area contributed by atoms with Gasteiger partial charge >= 0.3 is 0 Å². The standard InChI is InChI=1S/C12H15BrFNO2/c1-3-8(7-16)12(17)15(2)11-6-9(13)4-5-10(11)14/h4-6,8,16H,3,7H2,1-2H3. The molecule has 0 heterocycles. The molecule has 0 spiro atoms. The molecule has 0 radical (unpaired) electrons. The number of carbonyl (C=O) groups excluding carboxylic acids is 1. The van der Waals surface area contributed by atoms with Crippen molar-refractivity contribution in [2.45, 2.75) is 13.3 Å². The summed E-state index contributed by atoms with van der Waals surface area (Å²) in [6.45, 7) is 1.58. The Morgan fingerprint density at radius 2 is 2.24 bits per heavy atom. The minimum atomic E-state index is -0.488. The highest BCUT2D eigenvalue weighted by Gasteiger charge is 2.22. The Balaban J connectivity index is 2.99. The third-order valence-corrected chi connectivity index (χ3v) is 3.16. The summed E-state index contributed by atoms with van der Waals surface area (Å²) in [5.74, 6) is -1.23. The van der Waals surface area contributed by atoms with E-state index in [9.17, 15) is 9.18 Å². The first-order valence-corrected chi connectivity index (χ1v) is 6.14. The zero-order chi connectivity index (χ0) is 13.0. The summed E-state index contributed by atoms with van der Waals surface area (Å²) < 4.78 is 14.3. The Morgan fingerprint density at radius 1 is 1.59 bits per heavy atom. The van der Waals surface area contributed by atoms with Gasteiger partial charge in [-0.1, -0.05) is 22.9 Å². The van der Waals surface area contributed by atoms with Crippen molar-refractivity contribution < 1.29 is 14.3 Å². The smallest absolute Gasteiger partial charge is 0.232 e. The van der Waals surface area contributed by atoms with E-state index in [4.69, 9.17) is 5.11 Å². The molecule has 1 unspecified atom stereocenters. The molecule has 1 N–H and O–H groups in total. The summed E-state index contributed by atoms with van der Waals surface area (Å²) in [4.78, 5) is 13.2. The number of rotatable bonds is 4. The number of hydrogen-bond acceptors (Lipinski definition) is 2. The van der Waals surface area contributed by atoms with Gasteiger partial charge in [-0.25, -0.2) is 4.39 Å². The molecule has 1 aromatic rings. The minimum Gasteiger partial charge on any atom is -0.396 e. The lowest BCUT2D eigenvalue weighted by atomic mass is 10.1. The molecule has 0 aromatic heterocycles. The first-order chi connectivity index (χ1) is 8.01. The van der Waals surface area contributed by atoms with E-state index in [1.54, 1.807) is 6.07 Å². The minimum absolute atomic E-state index is 0.205. The van der Waals surface area contributed by atoms with E-state index in [1.807, 2.05) is 6.92 Å². The first-order valence-electron chi connectivity index (χ1n) is 5.34. The van der Waals surface area contributed by atoms with Crippen LogP contribution in [0, 0.1) is 11.7 Å². The van der Waals surface area contributed by atoms with Crippen LogP contribution >= 0.6 is 15.9 Å². The van der Waals surface area contributed by atoms with Gasteiger partial charge < -0.3 is 10.0 Å². The van der Waals surface area contributed by atoms with E-state index in [-0.39, 0.29) is 18.2 Å². The highest BCUT2D eigenvalue weighted by Crippen LogP contribution is 2.24. The molecular formula is C12H15BrFNO2. The highest BCUT2D eigenvalue weighted by molar-refractivity contribution is 9.10. The van der Waals surface area contributed by atoms with Crippen molar-refractivity contribution in [1.82, 2.24) is 0 Å². The van der Waals surface area contributed by atoms with Gasteiger partial charge in [0.1, 0.15) is 5.82 Å². The summed E-state index contributed by atoms with van der Waals surface area (Å²) in [5.41, 5.74) is 0.205. The van der Waals surface area contributed by atoms with Gasteiger partial charge in [0.2, 0.25) is 5.91 Å². The normalized spacial score (nSPS) is 12.3. The molecule has 0 fully saturated rings. The van der Waals surface area contributed by atoms with Gasteiger partial charge in [-0.2, -0.15) is 0 Å². The maximum Gasteiger partial charge on any atom is 0.232 e. The van der Waals surface area contributed by atoms with E-state index in [2.05, 4.69) is 15.9 Å². The molecule has 5 heteroatoms. The van der Waals surface area contributed by atoms with E-state index in [0.717, 1.165) is 0 Å². The summed E-state index contributed by atoms with van der Waals surface area (Å²) in [7, 11) is 1.51.